The fourth-order valence-corrected chi connectivity index (χ4v) is 3.32. The first-order chi connectivity index (χ1) is 11.6. The van der Waals surface area contributed by atoms with Gasteiger partial charge in [-0.2, -0.15) is 0 Å². The molecule has 0 unspecified atom stereocenters. The van der Waals surface area contributed by atoms with E-state index in [4.69, 9.17) is 0 Å². The van der Waals surface area contributed by atoms with E-state index in [9.17, 15) is 21.6 Å². The number of sulfone groups is 2. The molecule has 10 heteroatoms. The number of hydrazine groups is 1. The Labute approximate surface area is 146 Å². The normalized spacial score (nSPS) is 11.6. The molecule has 0 atom stereocenters. The zero-order valence-electron chi connectivity index (χ0n) is 13.5. The first-order valence-corrected chi connectivity index (χ1v) is 10.8. The van der Waals surface area contributed by atoms with E-state index in [-0.39, 0.29) is 15.5 Å². The lowest BCUT2D eigenvalue weighted by atomic mass is 10.3. The average Bonchev–Trinajstić information content (AvgIpc) is 2.52. The van der Waals surface area contributed by atoms with Gasteiger partial charge in [0.1, 0.15) is 0 Å². The molecule has 0 spiro atoms. The largest absolute Gasteiger partial charge is 0.337 e. The minimum absolute atomic E-state index is 0.0377. The van der Waals surface area contributed by atoms with Crippen molar-refractivity contribution in [3.8, 4) is 0 Å². The molecular weight excluding hydrogens is 366 g/mol. The van der Waals surface area contributed by atoms with Gasteiger partial charge >= 0.3 is 6.03 Å². The lowest BCUT2D eigenvalue weighted by Crippen LogP contribution is -2.33. The Balaban J connectivity index is 2.22. The van der Waals surface area contributed by atoms with Gasteiger partial charge in [-0.1, -0.05) is 18.2 Å². The molecule has 0 radical (unpaired) electrons. The lowest BCUT2D eigenvalue weighted by Gasteiger charge is -2.12. The molecule has 0 aliphatic carbocycles. The number of para-hydroxylation sites is 1. The number of carbonyl (C=O) groups is 1. The molecule has 0 saturated heterocycles. The first-order valence-electron chi connectivity index (χ1n) is 6.99. The van der Waals surface area contributed by atoms with Crippen LogP contribution in [0.25, 0.3) is 0 Å². The highest BCUT2D eigenvalue weighted by atomic mass is 32.2. The molecule has 0 heterocycles. The van der Waals surface area contributed by atoms with Gasteiger partial charge in [-0.05, 0) is 30.3 Å². The molecule has 0 aromatic heterocycles. The van der Waals surface area contributed by atoms with Crippen LogP contribution in [0.5, 0.6) is 0 Å². The van der Waals surface area contributed by atoms with Crippen molar-refractivity contribution in [3.63, 3.8) is 0 Å². The fourth-order valence-electron chi connectivity index (χ4n) is 1.88. The summed E-state index contributed by atoms with van der Waals surface area (Å²) in [5.41, 5.74) is 5.70. The Morgan fingerprint density at radius 3 is 1.80 bits per heavy atom. The first kappa shape index (κ1) is 18.7. The van der Waals surface area contributed by atoms with E-state index < -0.39 is 25.7 Å². The number of carbonyl (C=O) groups excluding carboxylic acids is 1. The molecule has 8 nitrogen and oxygen atoms in total. The van der Waals surface area contributed by atoms with Crippen LogP contribution < -0.4 is 16.2 Å². The molecule has 0 saturated carbocycles. The number of hydrogen-bond donors (Lipinski definition) is 3. The minimum Gasteiger partial charge on any atom is -0.306 e. The molecule has 0 fully saturated rings. The van der Waals surface area contributed by atoms with Crippen LogP contribution in [0.3, 0.4) is 0 Å². The quantitative estimate of drug-likeness (QED) is 0.675. The second-order valence-corrected chi connectivity index (χ2v) is 9.34. The Hall–Kier alpha value is -2.59. The average molecular weight is 383 g/mol. The lowest BCUT2D eigenvalue weighted by molar-refractivity contribution is 0.254. The van der Waals surface area contributed by atoms with Gasteiger partial charge < -0.3 is 5.32 Å². The van der Waals surface area contributed by atoms with Crippen LogP contribution in [-0.4, -0.2) is 35.4 Å². The van der Waals surface area contributed by atoms with Crippen molar-refractivity contribution in [1.82, 2.24) is 5.43 Å². The number of nitrogens with one attached hydrogen (secondary N) is 3. The summed E-state index contributed by atoms with van der Waals surface area (Å²) in [5, 5.41) is 2.40. The number of benzene rings is 2. The van der Waals surface area contributed by atoms with E-state index in [0.717, 1.165) is 18.6 Å². The van der Waals surface area contributed by atoms with Crippen LogP contribution in [0.1, 0.15) is 0 Å². The van der Waals surface area contributed by atoms with E-state index >= 15 is 0 Å². The van der Waals surface area contributed by atoms with Crippen LogP contribution in [-0.2, 0) is 19.7 Å². The van der Waals surface area contributed by atoms with Gasteiger partial charge in [0.15, 0.2) is 19.7 Å². The third kappa shape index (κ3) is 5.47. The monoisotopic (exact) mass is 383 g/mol. The van der Waals surface area contributed by atoms with Gasteiger partial charge in [0.25, 0.3) is 0 Å². The van der Waals surface area contributed by atoms with Crippen molar-refractivity contribution in [2.45, 2.75) is 9.79 Å². The molecule has 2 amide bonds. The molecule has 134 valence electrons. The summed E-state index contributed by atoms with van der Waals surface area (Å²) < 4.78 is 46.9. The topological polar surface area (TPSA) is 121 Å². The highest BCUT2D eigenvalue weighted by Crippen LogP contribution is 2.22. The van der Waals surface area contributed by atoms with Crippen LogP contribution >= 0.6 is 0 Å². The maximum atomic E-state index is 11.9. The number of amides is 2. The van der Waals surface area contributed by atoms with Gasteiger partial charge in [-0.15, -0.1) is 0 Å². The molecule has 0 bridgehead atoms. The molecule has 25 heavy (non-hydrogen) atoms. The summed E-state index contributed by atoms with van der Waals surface area (Å²) in [6.07, 6.45) is 1.91. The Morgan fingerprint density at radius 1 is 0.800 bits per heavy atom. The number of rotatable bonds is 5. The SMILES string of the molecule is CS(=O)(=O)c1cc(NC(=O)NNc2ccccc2)cc(S(C)(=O)=O)c1. The van der Waals surface area contributed by atoms with E-state index in [0.29, 0.717) is 5.69 Å². The van der Waals surface area contributed by atoms with Crippen LogP contribution in [0.2, 0.25) is 0 Å². The van der Waals surface area contributed by atoms with E-state index in [1.807, 2.05) is 6.07 Å². The maximum Gasteiger partial charge on any atom is 0.337 e. The van der Waals surface area contributed by atoms with E-state index in [1.165, 1.54) is 12.1 Å². The van der Waals surface area contributed by atoms with Crippen molar-refractivity contribution in [1.29, 1.82) is 0 Å². The van der Waals surface area contributed by atoms with Crippen molar-refractivity contribution in [2.75, 3.05) is 23.3 Å². The molecule has 2 aromatic carbocycles. The summed E-state index contributed by atoms with van der Waals surface area (Å²) in [6, 6.07) is 11.6. The third-order valence-corrected chi connectivity index (χ3v) is 5.27. The molecule has 0 aliphatic rings. The fraction of sp³-hybridized carbons (Fsp3) is 0.133. The Morgan fingerprint density at radius 2 is 1.32 bits per heavy atom. The number of hydrogen-bond acceptors (Lipinski definition) is 6. The van der Waals surface area contributed by atoms with Gasteiger partial charge in [0, 0.05) is 18.2 Å². The maximum absolute atomic E-state index is 11.9. The van der Waals surface area contributed by atoms with E-state index in [2.05, 4.69) is 16.2 Å². The molecule has 0 aliphatic heterocycles. The van der Waals surface area contributed by atoms with Crippen molar-refractivity contribution in [2.24, 2.45) is 0 Å². The second-order valence-electron chi connectivity index (χ2n) is 5.31. The highest BCUT2D eigenvalue weighted by Gasteiger charge is 2.16. The van der Waals surface area contributed by atoms with Crippen molar-refractivity contribution < 1.29 is 21.6 Å². The predicted molar refractivity (Wildman–Crippen MR) is 94.9 cm³/mol. The van der Waals surface area contributed by atoms with Crippen LogP contribution in [0.4, 0.5) is 16.2 Å². The predicted octanol–water partition coefficient (Wildman–Crippen LogP) is 1.64. The zero-order chi connectivity index (χ0) is 18.7. The van der Waals surface area contributed by atoms with Crippen LogP contribution in [0.15, 0.2) is 58.3 Å². The number of urea groups is 1. The third-order valence-electron chi connectivity index (χ3n) is 3.09. The Bertz CT molecular complexity index is 937. The molecular formula is C15H17N3O5S2. The molecule has 2 aromatic rings. The molecule has 3 N–H and O–H groups in total. The highest BCUT2D eigenvalue weighted by molar-refractivity contribution is 7.91. The summed E-state index contributed by atoms with van der Waals surface area (Å²) in [7, 11) is -7.30. The Kier molecular flexibility index (Phi) is 5.33. The molecule has 2 rings (SSSR count). The van der Waals surface area contributed by atoms with Gasteiger partial charge in [-0.3, -0.25) is 10.9 Å². The summed E-state index contributed by atoms with van der Waals surface area (Å²) >= 11 is 0. The van der Waals surface area contributed by atoms with E-state index in [1.54, 1.807) is 24.3 Å². The summed E-state index contributed by atoms with van der Waals surface area (Å²) in [5.74, 6) is 0. The van der Waals surface area contributed by atoms with Crippen molar-refractivity contribution in [3.05, 3.63) is 48.5 Å². The van der Waals surface area contributed by atoms with Crippen molar-refractivity contribution >= 4 is 37.1 Å². The summed E-state index contributed by atoms with van der Waals surface area (Å²) in [6.45, 7) is 0. The van der Waals surface area contributed by atoms with Gasteiger partial charge in [-0.25, -0.2) is 21.6 Å². The smallest absolute Gasteiger partial charge is 0.306 e. The zero-order valence-corrected chi connectivity index (χ0v) is 15.1. The van der Waals surface area contributed by atoms with Gasteiger partial charge in [0.05, 0.1) is 15.5 Å². The second kappa shape index (κ2) is 7.11. The minimum atomic E-state index is -3.65. The number of anilines is 2. The van der Waals surface area contributed by atoms with Gasteiger partial charge in [0.2, 0.25) is 0 Å². The van der Waals surface area contributed by atoms with Crippen LogP contribution in [0, 0.1) is 0 Å². The summed E-state index contributed by atoms with van der Waals surface area (Å²) in [4.78, 5) is 11.5. The standard InChI is InChI=1S/C15H17N3O5S2/c1-24(20,21)13-8-12(9-14(10-13)25(2,22)23)16-15(19)18-17-11-6-4-3-5-7-11/h3-10,17H,1-2H3,(H2,16,18,19).